The highest BCUT2D eigenvalue weighted by Crippen LogP contribution is 2.37. The number of benzene rings is 3. The number of ketones is 2. The molecule has 0 N–H and O–H groups in total. The highest BCUT2D eigenvalue weighted by Gasteiger charge is 2.43. The third kappa shape index (κ3) is 8.87. The molecule has 0 saturated carbocycles. The maximum atomic E-state index is 13.3. The summed E-state index contributed by atoms with van der Waals surface area (Å²) in [5, 5.41) is 0. The van der Waals surface area contributed by atoms with Gasteiger partial charge in [-0.15, -0.1) is 23.5 Å². The van der Waals surface area contributed by atoms with Crippen LogP contribution in [0.1, 0.15) is 40.1 Å². The van der Waals surface area contributed by atoms with Gasteiger partial charge in [-0.25, -0.2) is 0 Å². The van der Waals surface area contributed by atoms with E-state index in [0.717, 1.165) is 61.3 Å². The van der Waals surface area contributed by atoms with Gasteiger partial charge in [0.15, 0.2) is 5.78 Å². The maximum absolute atomic E-state index is 13.3. The minimum absolute atomic E-state index is 0.182. The minimum Gasteiger partial charge on any atom is -0.379 e. The van der Waals surface area contributed by atoms with E-state index in [4.69, 9.17) is 18.9 Å². The van der Waals surface area contributed by atoms with E-state index < -0.39 is 11.3 Å². The summed E-state index contributed by atoms with van der Waals surface area (Å²) >= 11 is 3.37. The molecular weight excluding hydrogens is 621 g/mol. The number of Topliss-reactive ketones (excluding diaryl/α,β-unsaturated/α-hetero) is 2. The first-order chi connectivity index (χ1) is 22.3. The molecule has 3 aromatic carbocycles. The molecule has 2 fully saturated rings. The number of methoxy groups -OCH3 is 2. The van der Waals surface area contributed by atoms with Crippen molar-refractivity contribution in [2.45, 2.75) is 35.0 Å². The van der Waals surface area contributed by atoms with Gasteiger partial charge in [0.1, 0.15) is 0 Å². The third-order valence-corrected chi connectivity index (χ3v) is 10.3. The monoisotopic (exact) mass is 666 g/mol. The molecule has 0 aliphatic carbocycles. The smallest absolute Gasteiger partial charge is 0.261 e. The average molecular weight is 667 g/mol. The number of hydrogen-bond donors (Lipinski definition) is 0. The van der Waals surface area contributed by atoms with Crippen LogP contribution < -0.4 is 0 Å². The summed E-state index contributed by atoms with van der Waals surface area (Å²) in [6, 6.07) is 24.7. The van der Waals surface area contributed by atoms with Crippen molar-refractivity contribution in [1.29, 1.82) is 0 Å². The molecule has 2 aliphatic heterocycles. The highest BCUT2D eigenvalue weighted by molar-refractivity contribution is 7.99. The Morgan fingerprint density at radius 3 is 1.87 bits per heavy atom. The zero-order valence-electron chi connectivity index (χ0n) is 27.5. The predicted octanol–water partition coefficient (Wildman–Crippen LogP) is 6.10. The summed E-state index contributed by atoms with van der Waals surface area (Å²) in [5.41, 5.74) is 1.59. The number of carbonyl (C=O) groups is 2. The molecule has 0 atom stereocenters. The summed E-state index contributed by atoms with van der Waals surface area (Å²) < 4.78 is 22.2. The van der Waals surface area contributed by atoms with Crippen LogP contribution in [0.5, 0.6) is 0 Å². The Morgan fingerprint density at radius 1 is 0.739 bits per heavy atom. The lowest BCUT2D eigenvalue weighted by molar-refractivity contribution is -0.178. The predicted molar refractivity (Wildman–Crippen MR) is 185 cm³/mol. The van der Waals surface area contributed by atoms with Crippen molar-refractivity contribution in [2.75, 3.05) is 79.0 Å². The first-order valence-corrected chi connectivity index (χ1v) is 17.7. The van der Waals surface area contributed by atoms with Gasteiger partial charge >= 0.3 is 0 Å². The van der Waals surface area contributed by atoms with Gasteiger partial charge in [0.05, 0.1) is 32.0 Å². The SMILES string of the molecule is COC(OC)(C(=O)c1ccccc1)c1ccccc1SCN1CCOCC1.CSc1ccc(C(=O)C(C)(C)N2CCOCC2)cc1. The molecule has 0 spiro atoms. The Bertz CT molecular complexity index is 1390. The fourth-order valence-electron chi connectivity index (χ4n) is 5.51. The summed E-state index contributed by atoms with van der Waals surface area (Å²) in [4.78, 5) is 32.7. The van der Waals surface area contributed by atoms with Crippen LogP contribution in [0, 0.1) is 0 Å². The quantitative estimate of drug-likeness (QED) is 0.129. The zero-order chi connectivity index (χ0) is 33.0. The topological polar surface area (TPSA) is 77.5 Å². The Labute approximate surface area is 282 Å². The molecule has 2 aliphatic rings. The summed E-state index contributed by atoms with van der Waals surface area (Å²) in [5.74, 6) is -0.686. The number of morpholine rings is 2. The van der Waals surface area contributed by atoms with E-state index in [9.17, 15) is 9.59 Å². The second-order valence-electron chi connectivity index (χ2n) is 11.4. The molecule has 8 nitrogen and oxygen atoms in total. The molecule has 3 aromatic rings. The first kappa shape index (κ1) is 36.3. The minimum atomic E-state index is -1.48. The number of thioether (sulfide) groups is 2. The standard InChI is InChI=1S/C21H25NO4S.C15H21NO2S/c1-24-21(25-2,20(23)17-8-4-3-5-9-17)18-10-6-7-11-19(18)27-16-22-12-14-26-15-13-22;1-15(2,16-8-10-18-11-9-16)14(17)12-4-6-13(19-3)7-5-12/h3-11H,12-16H2,1-2H3;4-7H,8-11H2,1-3H3. The summed E-state index contributed by atoms with van der Waals surface area (Å²) in [6.45, 7) is 10.4. The lowest BCUT2D eigenvalue weighted by Crippen LogP contribution is -2.54. The van der Waals surface area contributed by atoms with Crippen molar-refractivity contribution in [1.82, 2.24) is 9.80 Å². The third-order valence-electron chi connectivity index (χ3n) is 8.37. The van der Waals surface area contributed by atoms with Crippen molar-refractivity contribution in [3.8, 4) is 0 Å². The summed E-state index contributed by atoms with van der Waals surface area (Å²) in [7, 11) is 3.02. The van der Waals surface area contributed by atoms with Gasteiger partial charge in [-0.1, -0.05) is 60.7 Å². The molecule has 0 radical (unpaired) electrons. The second-order valence-corrected chi connectivity index (χ2v) is 13.3. The number of rotatable bonds is 12. The van der Waals surface area contributed by atoms with Crippen LogP contribution in [0.4, 0.5) is 0 Å². The fourth-order valence-corrected chi connectivity index (χ4v) is 7.03. The maximum Gasteiger partial charge on any atom is 0.261 e. The van der Waals surface area contributed by atoms with Gasteiger partial charge < -0.3 is 18.9 Å². The fraction of sp³-hybridized carbons (Fsp3) is 0.444. The number of hydrogen-bond acceptors (Lipinski definition) is 10. The molecule has 0 unspecified atom stereocenters. The first-order valence-electron chi connectivity index (χ1n) is 15.5. The van der Waals surface area contributed by atoms with Crippen LogP contribution in [0.25, 0.3) is 0 Å². The molecule has 2 saturated heterocycles. The Hall–Kier alpha value is -2.54. The normalized spacial score (nSPS) is 16.4. The largest absolute Gasteiger partial charge is 0.379 e. The van der Waals surface area contributed by atoms with Crippen molar-refractivity contribution < 1.29 is 28.5 Å². The van der Waals surface area contributed by atoms with Gasteiger partial charge in [-0.3, -0.25) is 19.4 Å². The molecule has 248 valence electrons. The van der Waals surface area contributed by atoms with Crippen molar-refractivity contribution in [2.24, 2.45) is 0 Å². The number of carbonyl (C=O) groups excluding carboxylic acids is 2. The molecule has 0 amide bonds. The van der Waals surface area contributed by atoms with Gasteiger partial charge in [-0.05, 0) is 38.3 Å². The molecule has 2 heterocycles. The van der Waals surface area contributed by atoms with Gasteiger partial charge in [-0.2, -0.15) is 0 Å². The van der Waals surface area contributed by atoms with Crippen LogP contribution in [-0.2, 0) is 24.7 Å². The van der Waals surface area contributed by atoms with Crippen LogP contribution in [0.2, 0.25) is 0 Å². The van der Waals surface area contributed by atoms with Crippen LogP contribution in [-0.4, -0.2) is 106 Å². The number of nitrogens with zero attached hydrogens (tertiary/aromatic N) is 2. The van der Waals surface area contributed by atoms with Gasteiger partial charge in [0, 0.05) is 72.8 Å². The van der Waals surface area contributed by atoms with E-state index in [1.807, 2.05) is 86.8 Å². The Morgan fingerprint density at radius 2 is 1.28 bits per heavy atom. The lowest BCUT2D eigenvalue weighted by atomic mass is 9.91. The van der Waals surface area contributed by atoms with E-state index in [-0.39, 0.29) is 11.6 Å². The van der Waals surface area contributed by atoms with Crippen molar-refractivity contribution in [3.05, 3.63) is 95.6 Å². The Kier molecular flexibility index (Phi) is 13.9. The van der Waals surface area contributed by atoms with Gasteiger partial charge in [0.2, 0.25) is 5.78 Å². The molecule has 0 aromatic heterocycles. The van der Waals surface area contributed by atoms with Crippen molar-refractivity contribution >= 4 is 35.1 Å². The van der Waals surface area contributed by atoms with Crippen LogP contribution >= 0.6 is 23.5 Å². The molecule has 10 heteroatoms. The zero-order valence-corrected chi connectivity index (χ0v) is 29.2. The molecular formula is C36H46N2O6S2. The van der Waals surface area contributed by atoms with E-state index in [0.29, 0.717) is 18.8 Å². The van der Waals surface area contributed by atoms with E-state index in [2.05, 4.69) is 9.80 Å². The van der Waals surface area contributed by atoms with Gasteiger partial charge in [0.25, 0.3) is 5.79 Å². The average Bonchev–Trinajstić information content (AvgIpc) is 3.13. The van der Waals surface area contributed by atoms with Crippen LogP contribution in [0.3, 0.4) is 0 Å². The van der Waals surface area contributed by atoms with E-state index >= 15 is 0 Å². The molecule has 0 bridgehead atoms. The molecule has 5 rings (SSSR count). The number of ether oxygens (including phenoxy) is 4. The van der Waals surface area contributed by atoms with E-state index in [1.165, 1.54) is 19.1 Å². The lowest BCUT2D eigenvalue weighted by Gasteiger charge is -2.39. The summed E-state index contributed by atoms with van der Waals surface area (Å²) in [6.07, 6.45) is 2.04. The van der Waals surface area contributed by atoms with Crippen molar-refractivity contribution in [3.63, 3.8) is 0 Å². The Balaban J connectivity index is 0.000000222. The highest BCUT2D eigenvalue weighted by atomic mass is 32.2. The molecule has 46 heavy (non-hydrogen) atoms. The van der Waals surface area contributed by atoms with Crippen LogP contribution in [0.15, 0.2) is 88.7 Å². The second kappa shape index (κ2) is 17.6. The van der Waals surface area contributed by atoms with E-state index in [1.54, 1.807) is 35.7 Å².